The van der Waals surface area contributed by atoms with Crippen molar-refractivity contribution in [2.24, 2.45) is 0 Å². The lowest BCUT2D eigenvalue weighted by Crippen LogP contribution is -2.42. The van der Waals surface area contributed by atoms with Crippen molar-refractivity contribution in [1.29, 1.82) is 0 Å². The summed E-state index contributed by atoms with van der Waals surface area (Å²) < 4.78 is 9.91. The van der Waals surface area contributed by atoms with Crippen molar-refractivity contribution in [3.05, 3.63) is 47.2 Å². The number of esters is 2. The predicted octanol–water partition coefficient (Wildman–Crippen LogP) is 2.21. The molecule has 0 spiro atoms. The largest absolute Gasteiger partial charge is 0.466 e. The average Bonchev–Trinajstić information content (AvgIpc) is 2.81. The normalized spacial score (nSPS) is 11.5. The van der Waals surface area contributed by atoms with Gasteiger partial charge in [-0.2, -0.15) is 4.98 Å². The minimum absolute atomic E-state index is 0.00464. The van der Waals surface area contributed by atoms with Crippen molar-refractivity contribution in [1.82, 2.24) is 15.3 Å². The van der Waals surface area contributed by atoms with E-state index in [9.17, 15) is 14.4 Å². The van der Waals surface area contributed by atoms with Gasteiger partial charge in [-0.25, -0.2) is 9.78 Å². The zero-order valence-electron chi connectivity index (χ0n) is 19.7. The summed E-state index contributed by atoms with van der Waals surface area (Å²) in [5.74, 6) is -0.845. The second kappa shape index (κ2) is 13.8. The molecule has 1 atom stereocenters. The number of carbonyl (C=O) groups is 3. The van der Waals surface area contributed by atoms with Gasteiger partial charge < -0.3 is 26.3 Å². The lowest BCUT2D eigenvalue weighted by Gasteiger charge is -2.17. The number of ether oxygens (including phenoxy) is 2. The summed E-state index contributed by atoms with van der Waals surface area (Å²) in [7, 11) is 0. The Morgan fingerprint density at radius 3 is 2.32 bits per heavy atom. The molecule has 2 aromatic rings. The van der Waals surface area contributed by atoms with Gasteiger partial charge in [-0.05, 0) is 63.6 Å². The molecule has 0 aliphatic heterocycles. The van der Waals surface area contributed by atoms with Crippen LogP contribution in [0.4, 0.5) is 11.8 Å². The van der Waals surface area contributed by atoms with Crippen molar-refractivity contribution in [2.45, 2.75) is 58.4 Å². The maximum absolute atomic E-state index is 12.7. The molecule has 0 unspecified atom stereocenters. The Morgan fingerprint density at radius 2 is 1.68 bits per heavy atom. The summed E-state index contributed by atoms with van der Waals surface area (Å²) in [5.41, 5.74) is 13.7. The van der Waals surface area contributed by atoms with Crippen molar-refractivity contribution in [2.75, 3.05) is 24.7 Å². The first-order chi connectivity index (χ1) is 16.3. The highest BCUT2D eigenvalue weighted by Crippen LogP contribution is 2.14. The van der Waals surface area contributed by atoms with E-state index in [1.54, 1.807) is 32.2 Å². The average molecular weight is 472 g/mol. The lowest BCUT2D eigenvalue weighted by molar-refractivity contribution is -0.146. The number of rotatable bonds is 13. The standard InChI is InChI=1S/C24H33N5O5/c1-3-33-20(30)14-13-19(23(32)34-4-2)28-22(31)17-11-9-16(10-12-17)7-5-6-8-18-15-27-24(26)29-21(18)25/h9-12,15,19H,3-8,13-14H2,1-2H3,(H,28,31)(H4,25,26,27,29)/t19-/m0/s1. The van der Waals surface area contributed by atoms with Gasteiger partial charge in [0.25, 0.3) is 5.91 Å². The molecule has 10 nitrogen and oxygen atoms in total. The fourth-order valence-corrected chi connectivity index (χ4v) is 3.32. The van der Waals surface area contributed by atoms with E-state index in [2.05, 4.69) is 15.3 Å². The first-order valence-electron chi connectivity index (χ1n) is 11.4. The van der Waals surface area contributed by atoms with Crippen LogP contribution < -0.4 is 16.8 Å². The molecule has 0 fully saturated rings. The van der Waals surface area contributed by atoms with Gasteiger partial charge in [0.15, 0.2) is 0 Å². The van der Waals surface area contributed by atoms with Crippen LogP contribution >= 0.6 is 0 Å². The molecule has 0 bridgehead atoms. The molecule has 0 saturated heterocycles. The number of aromatic nitrogens is 2. The number of nitrogens with two attached hydrogens (primary N) is 2. The molecule has 184 valence electrons. The number of anilines is 2. The summed E-state index contributed by atoms with van der Waals surface area (Å²) in [4.78, 5) is 44.4. The second-order valence-electron chi connectivity index (χ2n) is 7.66. The number of nitrogen functional groups attached to an aromatic ring is 2. The molecule has 0 aliphatic rings. The van der Waals surface area contributed by atoms with Crippen LogP contribution in [-0.2, 0) is 31.9 Å². The van der Waals surface area contributed by atoms with Crippen LogP contribution in [0.5, 0.6) is 0 Å². The van der Waals surface area contributed by atoms with E-state index in [4.69, 9.17) is 20.9 Å². The maximum atomic E-state index is 12.7. The number of hydrogen-bond acceptors (Lipinski definition) is 9. The molecule has 0 aliphatic carbocycles. The minimum atomic E-state index is -0.929. The summed E-state index contributed by atoms with van der Waals surface area (Å²) in [6.45, 7) is 3.82. The SMILES string of the molecule is CCOC(=O)CC[C@H](NC(=O)c1ccc(CCCCc2cnc(N)nc2N)cc1)C(=O)OCC. The molecule has 0 radical (unpaired) electrons. The number of nitrogens with one attached hydrogen (secondary N) is 1. The number of benzene rings is 1. The van der Waals surface area contributed by atoms with Crippen molar-refractivity contribution in [3.8, 4) is 0 Å². The van der Waals surface area contributed by atoms with E-state index in [1.165, 1.54) is 0 Å². The fraction of sp³-hybridized carbons (Fsp3) is 0.458. The van der Waals surface area contributed by atoms with Gasteiger partial charge in [-0.15, -0.1) is 0 Å². The summed E-state index contributed by atoms with van der Waals surface area (Å²) >= 11 is 0. The molecule has 2 rings (SSSR count). The molecular formula is C24H33N5O5. The zero-order chi connectivity index (χ0) is 24.9. The molecule has 1 amide bonds. The van der Waals surface area contributed by atoms with E-state index >= 15 is 0 Å². The molecule has 5 N–H and O–H groups in total. The van der Waals surface area contributed by atoms with Crippen LogP contribution in [0.25, 0.3) is 0 Å². The third-order valence-electron chi connectivity index (χ3n) is 5.11. The van der Waals surface area contributed by atoms with Gasteiger partial charge in [0.2, 0.25) is 5.95 Å². The van der Waals surface area contributed by atoms with Crippen LogP contribution in [-0.4, -0.2) is 47.1 Å². The van der Waals surface area contributed by atoms with Crippen LogP contribution in [0.15, 0.2) is 30.5 Å². The highest BCUT2D eigenvalue weighted by Gasteiger charge is 2.24. The van der Waals surface area contributed by atoms with Gasteiger partial charge in [-0.1, -0.05) is 12.1 Å². The second-order valence-corrected chi connectivity index (χ2v) is 7.66. The number of hydrogen-bond donors (Lipinski definition) is 3. The number of carbonyl (C=O) groups excluding carboxylic acids is 3. The van der Waals surface area contributed by atoms with E-state index in [0.717, 1.165) is 36.8 Å². The predicted molar refractivity (Wildman–Crippen MR) is 128 cm³/mol. The van der Waals surface area contributed by atoms with Crippen molar-refractivity contribution < 1.29 is 23.9 Å². The molecule has 10 heteroatoms. The first-order valence-corrected chi connectivity index (χ1v) is 11.4. The Balaban J connectivity index is 1.86. The maximum Gasteiger partial charge on any atom is 0.328 e. The Morgan fingerprint density at radius 1 is 1.00 bits per heavy atom. The molecular weight excluding hydrogens is 438 g/mol. The number of aryl methyl sites for hydroxylation is 2. The highest BCUT2D eigenvalue weighted by molar-refractivity contribution is 5.96. The Kier molecular flexibility index (Phi) is 10.8. The molecule has 0 saturated carbocycles. The van der Waals surface area contributed by atoms with E-state index in [0.29, 0.717) is 11.4 Å². The fourth-order valence-electron chi connectivity index (χ4n) is 3.32. The topological polar surface area (TPSA) is 160 Å². The lowest BCUT2D eigenvalue weighted by atomic mass is 10.0. The third-order valence-corrected chi connectivity index (χ3v) is 5.11. The van der Waals surface area contributed by atoms with Gasteiger partial charge in [-0.3, -0.25) is 9.59 Å². The monoisotopic (exact) mass is 471 g/mol. The Labute approximate surface area is 199 Å². The molecule has 1 heterocycles. The van der Waals surface area contributed by atoms with Crippen LogP contribution in [0.3, 0.4) is 0 Å². The van der Waals surface area contributed by atoms with E-state index in [1.807, 2.05) is 12.1 Å². The minimum Gasteiger partial charge on any atom is -0.466 e. The van der Waals surface area contributed by atoms with Crippen LogP contribution in [0, 0.1) is 0 Å². The van der Waals surface area contributed by atoms with Gasteiger partial charge in [0.05, 0.1) is 13.2 Å². The van der Waals surface area contributed by atoms with Gasteiger partial charge in [0, 0.05) is 23.7 Å². The number of amides is 1. The Bertz CT molecular complexity index is 965. The first kappa shape index (κ1) is 26.6. The summed E-state index contributed by atoms with van der Waals surface area (Å²) in [5, 5.41) is 2.66. The molecule has 1 aromatic heterocycles. The molecule has 34 heavy (non-hydrogen) atoms. The highest BCUT2D eigenvalue weighted by atomic mass is 16.5. The zero-order valence-corrected chi connectivity index (χ0v) is 19.7. The third kappa shape index (κ3) is 8.68. The van der Waals surface area contributed by atoms with Crippen LogP contribution in [0.1, 0.15) is 61.0 Å². The van der Waals surface area contributed by atoms with Gasteiger partial charge >= 0.3 is 11.9 Å². The van der Waals surface area contributed by atoms with Crippen molar-refractivity contribution >= 4 is 29.6 Å². The summed E-state index contributed by atoms with van der Waals surface area (Å²) in [6.07, 6.45) is 5.18. The Hall–Kier alpha value is -3.69. The van der Waals surface area contributed by atoms with E-state index in [-0.39, 0.29) is 32.0 Å². The number of unbranched alkanes of at least 4 members (excludes halogenated alkanes) is 1. The van der Waals surface area contributed by atoms with E-state index < -0.39 is 23.9 Å². The summed E-state index contributed by atoms with van der Waals surface area (Å²) in [6, 6.07) is 6.26. The number of nitrogens with zero attached hydrogens (tertiary/aromatic N) is 2. The van der Waals surface area contributed by atoms with Crippen molar-refractivity contribution in [3.63, 3.8) is 0 Å². The van der Waals surface area contributed by atoms with Crippen LogP contribution in [0.2, 0.25) is 0 Å². The smallest absolute Gasteiger partial charge is 0.328 e. The quantitative estimate of drug-likeness (QED) is 0.294. The molecule has 1 aromatic carbocycles. The van der Waals surface area contributed by atoms with Gasteiger partial charge in [0.1, 0.15) is 11.9 Å².